The molecule has 0 saturated carbocycles. The number of anilines is 1. The van der Waals surface area contributed by atoms with Gasteiger partial charge in [-0.3, -0.25) is 4.79 Å². The number of thiophene rings is 1. The number of halogens is 1. The molecule has 0 fully saturated rings. The van der Waals surface area contributed by atoms with E-state index in [1.165, 1.54) is 0 Å². The Balaban J connectivity index is 1.77. The zero-order valence-electron chi connectivity index (χ0n) is 22.9. The maximum Gasteiger partial charge on any atom is 0.322 e. The molecule has 0 spiro atoms. The van der Waals surface area contributed by atoms with Crippen LogP contribution in [0.5, 0.6) is 11.5 Å². The number of carbonyl (C=O) groups excluding carboxylic acids is 2. The van der Waals surface area contributed by atoms with Crippen molar-refractivity contribution in [2.75, 3.05) is 52.9 Å². The largest absolute Gasteiger partial charge is 0.493 e. The quantitative estimate of drug-likeness (QED) is 0.225. The van der Waals surface area contributed by atoms with E-state index in [9.17, 15) is 9.59 Å². The van der Waals surface area contributed by atoms with E-state index in [2.05, 4.69) is 27.3 Å². The van der Waals surface area contributed by atoms with Gasteiger partial charge in [0.25, 0.3) is 0 Å². The lowest BCUT2D eigenvalue weighted by molar-refractivity contribution is -0.132. The van der Waals surface area contributed by atoms with E-state index >= 15 is 0 Å². The number of benzene rings is 2. The molecule has 210 valence electrons. The Bertz CT molecular complexity index is 1240. The standard InChI is InChI=1S/C29H36BrN3O5S/c1-21-12-16-39-27(21)19-32(14-11-22-9-10-25(37-3)26(17-22)38-4)28(34)20-33(13-6-15-36-2)29(35)31-24-8-5-7-23(30)18-24/h5,7-10,12,16-18H,6,11,13-15,19-20H2,1-4H3,(H,31,35). The molecule has 0 aliphatic rings. The molecule has 2 aromatic carbocycles. The Morgan fingerprint density at radius 2 is 1.77 bits per heavy atom. The number of rotatable bonds is 14. The van der Waals surface area contributed by atoms with Crippen molar-refractivity contribution in [2.45, 2.75) is 26.3 Å². The van der Waals surface area contributed by atoms with Crippen LogP contribution >= 0.6 is 27.3 Å². The number of urea groups is 1. The van der Waals surface area contributed by atoms with E-state index in [4.69, 9.17) is 14.2 Å². The molecule has 0 saturated heterocycles. The van der Waals surface area contributed by atoms with Crippen molar-refractivity contribution in [3.8, 4) is 11.5 Å². The molecule has 0 bridgehead atoms. The molecule has 8 nitrogen and oxygen atoms in total. The van der Waals surface area contributed by atoms with E-state index in [1.807, 2.05) is 59.7 Å². The summed E-state index contributed by atoms with van der Waals surface area (Å²) >= 11 is 5.06. The minimum absolute atomic E-state index is 0.0418. The summed E-state index contributed by atoms with van der Waals surface area (Å²) in [6.07, 6.45) is 1.25. The third kappa shape index (κ3) is 9.26. The molecule has 39 heavy (non-hydrogen) atoms. The third-order valence-electron chi connectivity index (χ3n) is 6.24. The first-order chi connectivity index (χ1) is 18.8. The fraction of sp³-hybridized carbons (Fsp3) is 0.379. The monoisotopic (exact) mass is 617 g/mol. The second kappa shape index (κ2) is 15.5. The van der Waals surface area contributed by atoms with Crippen LogP contribution in [0, 0.1) is 6.92 Å². The molecule has 10 heteroatoms. The Morgan fingerprint density at radius 3 is 2.44 bits per heavy atom. The maximum atomic E-state index is 13.7. The van der Waals surface area contributed by atoms with Gasteiger partial charge in [-0.15, -0.1) is 11.3 Å². The summed E-state index contributed by atoms with van der Waals surface area (Å²) in [6.45, 7) is 3.86. The number of ether oxygens (including phenoxy) is 3. The highest BCUT2D eigenvalue weighted by Crippen LogP contribution is 2.28. The number of hydrogen-bond acceptors (Lipinski definition) is 6. The minimum Gasteiger partial charge on any atom is -0.493 e. The second-order valence-corrected chi connectivity index (χ2v) is 10.9. The van der Waals surface area contributed by atoms with Gasteiger partial charge in [-0.1, -0.05) is 28.1 Å². The van der Waals surface area contributed by atoms with Gasteiger partial charge in [0.2, 0.25) is 5.91 Å². The van der Waals surface area contributed by atoms with Crippen LogP contribution in [0.2, 0.25) is 0 Å². The van der Waals surface area contributed by atoms with Gasteiger partial charge in [0.05, 0.1) is 20.8 Å². The summed E-state index contributed by atoms with van der Waals surface area (Å²) in [5.41, 5.74) is 2.82. The average molecular weight is 619 g/mol. The van der Waals surface area contributed by atoms with Gasteiger partial charge in [-0.2, -0.15) is 0 Å². The van der Waals surface area contributed by atoms with E-state index < -0.39 is 0 Å². The Kier molecular flexibility index (Phi) is 12.1. The van der Waals surface area contributed by atoms with E-state index in [0.29, 0.717) is 56.3 Å². The number of hydrogen-bond donors (Lipinski definition) is 1. The molecule has 3 aromatic rings. The summed E-state index contributed by atoms with van der Waals surface area (Å²) in [7, 11) is 4.83. The van der Waals surface area contributed by atoms with Gasteiger partial charge in [0.15, 0.2) is 11.5 Å². The molecular formula is C29H36BrN3O5S. The second-order valence-electron chi connectivity index (χ2n) is 8.99. The third-order valence-corrected chi connectivity index (χ3v) is 7.74. The number of methoxy groups -OCH3 is 3. The van der Waals surface area contributed by atoms with Crippen LogP contribution < -0.4 is 14.8 Å². The van der Waals surface area contributed by atoms with E-state index in [1.54, 1.807) is 37.6 Å². The first-order valence-corrected chi connectivity index (χ1v) is 14.3. The first kappa shape index (κ1) is 30.5. The summed E-state index contributed by atoms with van der Waals surface area (Å²) in [6, 6.07) is 14.9. The predicted molar refractivity (Wildman–Crippen MR) is 159 cm³/mol. The van der Waals surface area contributed by atoms with E-state index in [-0.39, 0.29) is 18.5 Å². The van der Waals surface area contributed by atoms with Crippen molar-refractivity contribution in [1.29, 1.82) is 0 Å². The van der Waals surface area contributed by atoms with Gasteiger partial charge in [0, 0.05) is 41.8 Å². The lowest BCUT2D eigenvalue weighted by Crippen LogP contribution is -2.45. The number of aryl methyl sites for hydroxylation is 1. The lowest BCUT2D eigenvalue weighted by atomic mass is 10.1. The zero-order valence-corrected chi connectivity index (χ0v) is 25.3. The maximum absolute atomic E-state index is 13.7. The first-order valence-electron chi connectivity index (χ1n) is 12.7. The highest BCUT2D eigenvalue weighted by Gasteiger charge is 2.23. The zero-order chi connectivity index (χ0) is 28.2. The van der Waals surface area contributed by atoms with Crippen LogP contribution in [-0.4, -0.2) is 69.3 Å². The summed E-state index contributed by atoms with van der Waals surface area (Å²) in [5.74, 6) is 1.19. The van der Waals surface area contributed by atoms with Gasteiger partial charge in [0.1, 0.15) is 6.54 Å². The van der Waals surface area contributed by atoms with Crippen LogP contribution in [0.4, 0.5) is 10.5 Å². The predicted octanol–water partition coefficient (Wildman–Crippen LogP) is 5.98. The molecule has 1 aromatic heterocycles. The molecule has 1 heterocycles. The highest BCUT2D eigenvalue weighted by atomic mass is 79.9. The van der Waals surface area contributed by atoms with Crippen molar-refractivity contribution in [2.24, 2.45) is 0 Å². The van der Waals surface area contributed by atoms with Gasteiger partial charge in [-0.05, 0) is 72.7 Å². The number of carbonyl (C=O) groups is 2. The SMILES string of the molecule is COCCCN(CC(=O)N(CCc1ccc(OC)c(OC)c1)Cc1sccc1C)C(=O)Nc1cccc(Br)c1. The van der Waals surface area contributed by atoms with Crippen LogP contribution in [0.3, 0.4) is 0 Å². The molecule has 0 aliphatic heterocycles. The van der Waals surface area contributed by atoms with Gasteiger partial charge >= 0.3 is 6.03 Å². The van der Waals surface area contributed by atoms with Crippen LogP contribution in [0.15, 0.2) is 58.4 Å². The molecule has 3 rings (SSSR count). The molecular weight excluding hydrogens is 582 g/mol. The minimum atomic E-state index is -0.329. The fourth-order valence-corrected chi connectivity index (χ4v) is 5.34. The van der Waals surface area contributed by atoms with Gasteiger partial charge in [-0.25, -0.2) is 4.79 Å². The number of nitrogens with zero attached hydrogens (tertiary/aromatic N) is 2. The van der Waals surface area contributed by atoms with E-state index in [0.717, 1.165) is 20.5 Å². The summed E-state index contributed by atoms with van der Waals surface area (Å²) in [5, 5.41) is 4.94. The molecule has 0 aliphatic carbocycles. The van der Waals surface area contributed by atoms with Crippen LogP contribution in [-0.2, 0) is 22.5 Å². The molecule has 0 unspecified atom stereocenters. The van der Waals surface area contributed by atoms with Crippen LogP contribution in [0.25, 0.3) is 0 Å². The number of nitrogens with one attached hydrogen (secondary N) is 1. The average Bonchev–Trinajstić information content (AvgIpc) is 3.34. The highest BCUT2D eigenvalue weighted by molar-refractivity contribution is 9.10. The molecule has 3 amide bonds. The lowest BCUT2D eigenvalue weighted by Gasteiger charge is -2.28. The normalized spacial score (nSPS) is 10.7. The Hall–Kier alpha value is -3.08. The van der Waals surface area contributed by atoms with Crippen molar-refractivity contribution < 1.29 is 23.8 Å². The Labute approximate surface area is 243 Å². The van der Waals surface area contributed by atoms with Crippen LogP contribution in [0.1, 0.15) is 22.4 Å². The van der Waals surface area contributed by atoms with Crippen molar-refractivity contribution in [3.63, 3.8) is 0 Å². The topological polar surface area (TPSA) is 80.3 Å². The molecule has 0 radical (unpaired) electrons. The van der Waals surface area contributed by atoms with Crippen molar-refractivity contribution in [1.82, 2.24) is 9.80 Å². The summed E-state index contributed by atoms with van der Waals surface area (Å²) in [4.78, 5) is 31.4. The van der Waals surface area contributed by atoms with Crippen molar-refractivity contribution in [3.05, 3.63) is 74.4 Å². The molecule has 0 atom stereocenters. The summed E-state index contributed by atoms with van der Waals surface area (Å²) < 4.78 is 16.8. The van der Waals surface area contributed by atoms with Crippen molar-refractivity contribution >= 4 is 44.9 Å². The smallest absolute Gasteiger partial charge is 0.322 e. The fourth-order valence-electron chi connectivity index (χ4n) is 4.02. The van der Waals surface area contributed by atoms with Gasteiger partial charge < -0.3 is 29.3 Å². The number of amides is 3. The molecule has 1 N–H and O–H groups in total. The Morgan fingerprint density at radius 1 is 0.974 bits per heavy atom.